The maximum atomic E-state index is 11.7. The lowest BCUT2D eigenvalue weighted by Gasteiger charge is -2.36. The Labute approximate surface area is 122 Å². The van der Waals surface area contributed by atoms with Crippen molar-refractivity contribution < 1.29 is 14.0 Å². The van der Waals surface area contributed by atoms with Gasteiger partial charge in [-0.2, -0.15) is 5.10 Å². The third kappa shape index (κ3) is 4.18. The Hall–Kier alpha value is -1.14. The minimum atomic E-state index is -1.74. The first-order valence-corrected chi connectivity index (χ1v) is 9.93. The molecule has 0 aliphatic heterocycles. The number of hydrogen-bond acceptors (Lipinski definition) is 4. The minimum absolute atomic E-state index is 0.188. The molecule has 20 heavy (non-hydrogen) atoms. The van der Waals surface area contributed by atoms with E-state index in [-0.39, 0.29) is 11.0 Å². The lowest BCUT2D eigenvalue weighted by molar-refractivity contribution is 0.0518. The van der Waals surface area contributed by atoms with Crippen molar-refractivity contribution in [1.29, 1.82) is 0 Å². The van der Waals surface area contributed by atoms with E-state index in [1.54, 1.807) is 13.1 Å². The van der Waals surface area contributed by atoms with Crippen LogP contribution in [0.25, 0.3) is 0 Å². The van der Waals surface area contributed by atoms with Gasteiger partial charge in [0.15, 0.2) is 8.32 Å². The largest absolute Gasteiger partial charge is 0.461 e. The van der Waals surface area contributed by atoms with E-state index in [9.17, 15) is 4.79 Å². The van der Waals surface area contributed by atoms with Crippen LogP contribution in [-0.4, -0.2) is 37.7 Å². The highest BCUT2D eigenvalue weighted by atomic mass is 28.4. The second-order valence-corrected chi connectivity index (χ2v) is 11.2. The SMILES string of the molecule is CCOC(=O)c1[nH]ncc1CCO[Si](C)(C)C(C)(C)C. The fourth-order valence-corrected chi connectivity index (χ4v) is 2.56. The summed E-state index contributed by atoms with van der Waals surface area (Å²) in [5, 5.41) is 6.81. The monoisotopic (exact) mass is 298 g/mol. The number of nitrogens with one attached hydrogen (secondary N) is 1. The van der Waals surface area contributed by atoms with Crippen LogP contribution in [0, 0.1) is 0 Å². The van der Waals surface area contributed by atoms with E-state index < -0.39 is 8.32 Å². The van der Waals surface area contributed by atoms with Crippen molar-refractivity contribution >= 4 is 14.3 Å². The molecule has 0 unspecified atom stereocenters. The Morgan fingerprint density at radius 2 is 2.05 bits per heavy atom. The molecule has 0 saturated carbocycles. The van der Waals surface area contributed by atoms with E-state index in [4.69, 9.17) is 9.16 Å². The molecule has 0 saturated heterocycles. The molecule has 0 amide bonds. The zero-order chi connectivity index (χ0) is 15.4. The number of rotatable bonds is 6. The molecule has 1 N–H and O–H groups in total. The molecule has 0 bridgehead atoms. The number of carbonyl (C=O) groups is 1. The molecule has 0 aliphatic carbocycles. The molecule has 0 aromatic carbocycles. The number of H-pyrrole nitrogens is 1. The molecule has 1 heterocycles. The first-order chi connectivity index (χ1) is 9.19. The van der Waals surface area contributed by atoms with E-state index in [1.807, 2.05) is 0 Å². The predicted molar refractivity (Wildman–Crippen MR) is 81.4 cm³/mol. The van der Waals surface area contributed by atoms with Crippen LogP contribution in [0.5, 0.6) is 0 Å². The standard InChI is InChI=1S/C14H26N2O3Si/c1-7-18-13(17)12-11(10-15-16-12)8-9-19-20(5,6)14(2,3)4/h10H,7-9H2,1-6H3,(H,15,16). The lowest BCUT2D eigenvalue weighted by Crippen LogP contribution is -2.41. The first-order valence-electron chi connectivity index (χ1n) is 7.02. The Morgan fingerprint density at radius 1 is 1.40 bits per heavy atom. The highest BCUT2D eigenvalue weighted by molar-refractivity contribution is 6.74. The van der Waals surface area contributed by atoms with Gasteiger partial charge in [-0.05, 0) is 31.5 Å². The van der Waals surface area contributed by atoms with Crippen LogP contribution in [-0.2, 0) is 15.6 Å². The van der Waals surface area contributed by atoms with Crippen molar-refractivity contribution in [3.63, 3.8) is 0 Å². The molecule has 0 radical (unpaired) electrons. The number of aromatic amines is 1. The van der Waals surface area contributed by atoms with Crippen molar-refractivity contribution in [2.24, 2.45) is 0 Å². The van der Waals surface area contributed by atoms with Gasteiger partial charge in [-0.15, -0.1) is 0 Å². The molecule has 0 fully saturated rings. The summed E-state index contributed by atoms with van der Waals surface area (Å²) in [6.07, 6.45) is 2.33. The van der Waals surface area contributed by atoms with Crippen LogP contribution in [0.15, 0.2) is 6.20 Å². The van der Waals surface area contributed by atoms with Gasteiger partial charge in [0.2, 0.25) is 0 Å². The van der Waals surface area contributed by atoms with Crippen LogP contribution in [0.2, 0.25) is 18.1 Å². The molecule has 114 valence electrons. The molecular weight excluding hydrogens is 272 g/mol. The minimum Gasteiger partial charge on any atom is -0.461 e. The van der Waals surface area contributed by atoms with Gasteiger partial charge in [0.05, 0.1) is 12.8 Å². The highest BCUT2D eigenvalue weighted by Gasteiger charge is 2.36. The summed E-state index contributed by atoms with van der Waals surface area (Å²) in [6.45, 7) is 13.8. The first kappa shape index (κ1) is 16.9. The van der Waals surface area contributed by atoms with Crippen molar-refractivity contribution in [1.82, 2.24) is 10.2 Å². The van der Waals surface area contributed by atoms with Gasteiger partial charge in [-0.3, -0.25) is 5.10 Å². The molecule has 0 aliphatic rings. The van der Waals surface area contributed by atoms with Crippen molar-refractivity contribution in [3.05, 3.63) is 17.5 Å². The third-order valence-electron chi connectivity index (χ3n) is 3.84. The summed E-state index contributed by atoms with van der Waals surface area (Å²) in [5.74, 6) is -0.354. The zero-order valence-electron chi connectivity index (χ0n) is 13.4. The fraction of sp³-hybridized carbons (Fsp3) is 0.714. The number of hydrogen-bond donors (Lipinski definition) is 1. The fourth-order valence-electron chi connectivity index (χ4n) is 1.51. The van der Waals surface area contributed by atoms with E-state index in [0.717, 1.165) is 5.56 Å². The van der Waals surface area contributed by atoms with Crippen LogP contribution in [0.3, 0.4) is 0 Å². The molecule has 0 spiro atoms. The molecule has 1 aromatic rings. The second kappa shape index (κ2) is 6.54. The molecule has 5 nitrogen and oxygen atoms in total. The van der Waals surface area contributed by atoms with Crippen molar-refractivity contribution in [2.45, 2.75) is 52.2 Å². The number of nitrogens with zero attached hydrogens (tertiary/aromatic N) is 1. The van der Waals surface area contributed by atoms with E-state index >= 15 is 0 Å². The van der Waals surface area contributed by atoms with Gasteiger partial charge in [0, 0.05) is 12.2 Å². The van der Waals surface area contributed by atoms with Gasteiger partial charge in [0.1, 0.15) is 5.69 Å². The Kier molecular flexibility index (Phi) is 5.53. The summed E-state index contributed by atoms with van der Waals surface area (Å²) in [7, 11) is -1.74. The van der Waals surface area contributed by atoms with Gasteiger partial charge in [-0.25, -0.2) is 4.79 Å². The summed E-state index contributed by atoms with van der Waals surface area (Å²) in [5.41, 5.74) is 1.29. The number of ether oxygens (including phenoxy) is 1. The summed E-state index contributed by atoms with van der Waals surface area (Å²) >= 11 is 0. The maximum absolute atomic E-state index is 11.7. The van der Waals surface area contributed by atoms with E-state index in [0.29, 0.717) is 25.3 Å². The number of carbonyl (C=O) groups excluding carboxylic acids is 1. The van der Waals surface area contributed by atoms with Crippen LogP contribution >= 0.6 is 0 Å². The normalized spacial score (nSPS) is 12.5. The van der Waals surface area contributed by atoms with Crippen molar-refractivity contribution in [3.8, 4) is 0 Å². The van der Waals surface area contributed by atoms with Gasteiger partial charge < -0.3 is 9.16 Å². The second-order valence-electron chi connectivity index (χ2n) is 6.35. The van der Waals surface area contributed by atoms with Gasteiger partial charge in [-0.1, -0.05) is 20.8 Å². The number of esters is 1. The summed E-state index contributed by atoms with van der Waals surface area (Å²) < 4.78 is 11.1. The topological polar surface area (TPSA) is 64.2 Å². The maximum Gasteiger partial charge on any atom is 0.356 e. The van der Waals surface area contributed by atoms with E-state index in [1.165, 1.54) is 0 Å². The molecule has 0 atom stereocenters. The molecule has 6 heteroatoms. The summed E-state index contributed by atoms with van der Waals surface area (Å²) in [6, 6.07) is 0. The zero-order valence-corrected chi connectivity index (χ0v) is 14.4. The molecular formula is C14H26N2O3Si. The van der Waals surface area contributed by atoms with Gasteiger partial charge in [0.25, 0.3) is 0 Å². The average molecular weight is 298 g/mol. The Morgan fingerprint density at radius 3 is 2.60 bits per heavy atom. The van der Waals surface area contributed by atoms with Gasteiger partial charge >= 0.3 is 5.97 Å². The predicted octanol–water partition coefficient (Wildman–Crippen LogP) is 3.15. The van der Waals surface area contributed by atoms with Crippen LogP contribution < -0.4 is 0 Å². The van der Waals surface area contributed by atoms with Crippen molar-refractivity contribution in [2.75, 3.05) is 13.2 Å². The number of aromatic nitrogens is 2. The average Bonchev–Trinajstić information content (AvgIpc) is 2.76. The quantitative estimate of drug-likeness (QED) is 0.647. The molecule has 1 aromatic heterocycles. The Balaban J connectivity index is 2.60. The smallest absolute Gasteiger partial charge is 0.356 e. The van der Waals surface area contributed by atoms with E-state index in [2.05, 4.69) is 44.1 Å². The Bertz CT molecular complexity index is 450. The molecule has 1 rings (SSSR count). The highest BCUT2D eigenvalue weighted by Crippen LogP contribution is 2.36. The summed E-state index contributed by atoms with van der Waals surface area (Å²) in [4.78, 5) is 11.7. The van der Waals surface area contributed by atoms with Crippen LogP contribution in [0.4, 0.5) is 0 Å². The lowest BCUT2D eigenvalue weighted by atomic mass is 10.2. The van der Waals surface area contributed by atoms with Crippen LogP contribution in [0.1, 0.15) is 43.7 Å². The third-order valence-corrected chi connectivity index (χ3v) is 8.38.